The number of pyridine rings is 4. The van der Waals surface area contributed by atoms with Crippen molar-refractivity contribution in [3.8, 4) is 11.5 Å². The molecule has 4 heterocycles. The van der Waals surface area contributed by atoms with Gasteiger partial charge in [-0.3, -0.25) is 14.8 Å². The molecular weight excluding hydrogens is 840 g/mol. The number of benzene rings is 4. The molecule has 0 aliphatic carbocycles. The van der Waals surface area contributed by atoms with Gasteiger partial charge >= 0.3 is 0 Å². The molecule has 4 aromatic heterocycles. The summed E-state index contributed by atoms with van der Waals surface area (Å²) in [4.78, 5) is 26.2. The van der Waals surface area contributed by atoms with Gasteiger partial charge in [-0.25, -0.2) is 18.7 Å². The number of halogens is 6. The predicted molar refractivity (Wildman–Crippen MR) is 233 cm³/mol. The molecule has 59 heavy (non-hydrogen) atoms. The zero-order chi connectivity index (χ0) is 42.6. The maximum absolute atomic E-state index is 13.7. The molecule has 4 aromatic carbocycles. The molecule has 0 saturated carbocycles. The van der Waals surface area contributed by atoms with Crippen molar-refractivity contribution in [3.63, 3.8) is 0 Å². The number of nitrogen functional groups attached to an aromatic ring is 1. The fraction of sp³-hybridized carbons (Fsp3) is 0.0682. The first-order valence-electron chi connectivity index (χ1n) is 17.4. The van der Waals surface area contributed by atoms with Crippen molar-refractivity contribution in [2.75, 3.05) is 11.1 Å². The van der Waals surface area contributed by atoms with Gasteiger partial charge in [-0.1, -0.05) is 82.8 Å². The second-order valence-corrected chi connectivity index (χ2v) is 14.5. The summed E-state index contributed by atoms with van der Waals surface area (Å²) in [6.07, 6.45) is 6.27. The Kier molecular flexibility index (Phi) is 15.3. The summed E-state index contributed by atoms with van der Waals surface area (Å²) in [7, 11) is 0. The largest absolute Gasteiger partial charge is 0.506 e. The molecule has 15 heteroatoms. The first-order chi connectivity index (χ1) is 28.2. The number of rotatable bonds is 5. The Bertz CT molecular complexity index is 2700. The Balaban J connectivity index is 0.000000179. The molecule has 0 spiro atoms. The van der Waals surface area contributed by atoms with Crippen LogP contribution in [-0.2, 0) is 0 Å². The molecule has 8 aromatic rings. The van der Waals surface area contributed by atoms with Crippen LogP contribution in [0.3, 0.4) is 0 Å². The monoisotopic (exact) mass is 872 g/mol. The first-order valence-corrected chi connectivity index (χ1v) is 19.0. The van der Waals surface area contributed by atoms with Crippen LogP contribution in [0.5, 0.6) is 11.5 Å². The smallest absolute Gasteiger partial charge is 0.150 e. The van der Waals surface area contributed by atoms with Crippen LogP contribution in [0.15, 0.2) is 128 Å². The number of aryl methyl sites for hydroxylation is 2. The van der Waals surface area contributed by atoms with Crippen LogP contribution >= 0.6 is 46.4 Å². The van der Waals surface area contributed by atoms with Crippen LogP contribution in [0, 0.1) is 25.5 Å². The van der Waals surface area contributed by atoms with E-state index in [4.69, 9.17) is 52.1 Å². The highest BCUT2D eigenvalue weighted by atomic mass is 35.5. The van der Waals surface area contributed by atoms with E-state index in [2.05, 4.69) is 25.3 Å². The number of phenolic OH excluding ortho intramolecular Hbond substituents is 2. The fourth-order valence-corrected chi connectivity index (χ4v) is 6.61. The lowest BCUT2D eigenvalue weighted by Crippen LogP contribution is -2.14. The fourth-order valence-electron chi connectivity index (χ4n) is 5.52. The van der Waals surface area contributed by atoms with Gasteiger partial charge in [0.05, 0.1) is 18.4 Å². The Hall–Kier alpha value is -6.11. The Labute approximate surface area is 358 Å². The number of fused-ring (bicyclic) bond motifs is 2. The van der Waals surface area contributed by atoms with E-state index >= 15 is 0 Å². The number of hydrogen-bond acceptors (Lipinski definition) is 9. The standard InChI is InChI=1S/C22H16Cl2FN3O.C9H7NO.C7H4Cl2O.C6H7FN2/c1-12-7-19(27-11-18(12)25)28-20(14-8-15(23)10-16(24)9-14)17-5-4-13-3-2-6-26-21(13)22(17)29;11-8-5-1-3-7-4-2-6-10-9(7)8;8-6-1-5(4-10)2-7(9)3-6;1-4-2-6(8)9-3-5(4)7/h2-11,20,29H,1H3,(H,27,28);1-6,11H;1-4H;2-3H,1H3,(H2,8,9). The first kappa shape index (κ1) is 44.0. The lowest BCUT2D eigenvalue weighted by Gasteiger charge is -2.22. The van der Waals surface area contributed by atoms with Crippen molar-refractivity contribution < 1.29 is 23.8 Å². The number of nitrogens with two attached hydrogens (primary N) is 1. The summed E-state index contributed by atoms with van der Waals surface area (Å²) < 4.78 is 26.0. The maximum atomic E-state index is 13.7. The van der Waals surface area contributed by atoms with Crippen molar-refractivity contribution >= 4 is 86.1 Å². The predicted octanol–water partition coefficient (Wildman–Crippen LogP) is 12.1. The lowest BCUT2D eigenvalue weighted by atomic mass is 9.96. The van der Waals surface area contributed by atoms with E-state index in [1.165, 1.54) is 6.07 Å². The summed E-state index contributed by atoms with van der Waals surface area (Å²) >= 11 is 23.6. The third kappa shape index (κ3) is 12.2. The number of aromatic nitrogens is 4. The van der Waals surface area contributed by atoms with Crippen molar-refractivity contribution in [2.24, 2.45) is 0 Å². The van der Waals surface area contributed by atoms with E-state index in [0.717, 1.165) is 28.7 Å². The summed E-state index contributed by atoms with van der Waals surface area (Å²) in [5.74, 6) is 0.373. The highest BCUT2D eigenvalue weighted by Gasteiger charge is 2.22. The van der Waals surface area contributed by atoms with Gasteiger partial charge in [-0.2, -0.15) is 0 Å². The van der Waals surface area contributed by atoms with Crippen molar-refractivity contribution in [3.05, 3.63) is 187 Å². The number of nitrogens with zero attached hydrogens (tertiary/aromatic N) is 4. The minimum atomic E-state index is -0.546. The highest BCUT2D eigenvalue weighted by molar-refractivity contribution is 6.35. The molecule has 9 nitrogen and oxygen atoms in total. The number of hydrogen-bond donors (Lipinski definition) is 4. The second kappa shape index (κ2) is 20.5. The van der Waals surface area contributed by atoms with E-state index < -0.39 is 11.9 Å². The number of nitrogens with one attached hydrogen (secondary N) is 1. The molecule has 5 N–H and O–H groups in total. The molecule has 0 amide bonds. The lowest BCUT2D eigenvalue weighted by molar-refractivity contribution is 0.112. The molecule has 1 atom stereocenters. The summed E-state index contributed by atoms with van der Waals surface area (Å²) in [5, 5.41) is 27.2. The normalized spacial score (nSPS) is 10.9. The van der Waals surface area contributed by atoms with Gasteiger partial charge in [0.25, 0.3) is 0 Å². The third-order valence-corrected chi connectivity index (χ3v) is 9.22. The summed E-state index contributed by atoms with van der Waals surface area (Å²) in [6, 6.07) is 28.9. The van der Waals surface area contributed by atoms with Gasteiger partial charge < -0.3 is 21.3 Å². The number of para-hydroxylation sites is 1. The number of phenols is 2. The van der Waals surface area contributed by atoms with Crippen LogP contribution in [0.4, 0.5) is 20.4 Å². The topological polar surface area (TPSA) is 147 Å². The number of carbonyl (C=O) groups excluding carboxylic acids is 1. The van der Waals surface area contributed by atoms with E-state index in [1.807, 2.05) is 36.4 Å². The molecule has 0 aliphatic rings. The zero-order valence-electron chi connectivity index (χ0n) is 31.2. The number of aldehydes is 1. The van der Waals surface area contributed by atoms with Gasteiger partial charge in [0.2, 0.25) is 0 Å². The van der Waals surface area contributed by atoms with Crippen LogP contribution in [0.1, 0.15) is 38.7 Å². The number of anilines is 2. The van der Waals surface area contributed by atoms with Crippen molar-refractivity contribution in [2.45, 2.75) is 19.9 Å². The summed E-state index contributed by atoms with van der Waals surface area (Å²) in [5.41, 5.74) is 9.16. The van der Waals surface area contributed by atoms with Crippen LogP contribution in [-0.4, -0.2) is 36.4 Å². The zero-order valence-corrected chi connectivity index (χ0v) is 34.2. The number of aromatic hydroxyl groups is 2. The van der Waals surface area contributed by atoms with Crippen LogP contribution in [0.2, 0.25) is 20.1 Å². The Morgan fingerprint density at radius 1 is 0.661 bits per heavy atom. The molecule has 0 fully saturated rings. The minimum absolute atomic E-state index is 0.0375. The third-order valence-electron chi connectivity index (χ3n) is 8.35. The number of carbonyl (C=O) groups is 1. The average molecular weight is 875 g/mol. The van der Waals surface area contributed by atoms with Crippen molar-refractivity contribution in [1.82, 2.24) is 19.9 Å². The molecule has 300 valence electrons. The molecule has 8 rings (SSSR count). The van der Waals surface area contributed by atoms with Gasteiger partial charge in [0.1, 0.15) is 52.1 Å². The minimum Gasteiger partial charge on any atom is -0.506 e. The Morgan fingerprint density at radius 2 is 1.20 bits per heavy atom. The van der Waals surface area contributed by atoms with Crippen LogP contribution < -0.4 is 11.1 Å². The Morgan fingerprint density at radius 3 is 1.76 bits per heavy atom. The molecule has 0 saturated heterocycles. The van der Waals surface area contributed by atoms with Crippen LogP contribution in [0.25, 0.3) is 21.8 Å². The molecule has 0 bridgehead atoms. The SMILES string of the molecule is Cc1cc(N)ncc1F.Cc1cc(NC(c2cc(Cl)cc(Cl)c2)c2ccc3cccnc3c2O)ncc1F.O=Cc1cc(Cl)cc(Cl)c1.Oc1cccc2cccnc12. The van der Waals surface area contributed by atoms with Gasteiger partial charge in [0, 0.05) is 54.4 Å². The molecule has 0 aliphatic heterocycles. The van der Waals surface area contributed by atoms with Gasteiger partial charge in [-0.05, 0) is 97.3 Å². The molecule has 1 unspecified atom stereocenters. The van der Waals surface area contributed by atoms with E-state index in [1.54, 1.807) is 86.9 Å². The van der Waals surface area contributed by atoms with E-state index in [9.17, 15) is 23.8 Å². The van der Waals surface area contributed by atoms with Gasteiger partial charge in [-0.15, -0.1) is 0 Å². The summed E-state index contributed by atoms with van der Waals surface area (Å²) in [6.45, 7) is 3.30. The van der Waals surface area contributed by atoms with Gasteiger partial charge in [0.15, 0.2) is 0 Å². The maximum Gasteiger partial charge on any atom is 0.150 e. The van der Waals surface area contributed by atoms with E-state index in [0.29, 0.717) is 71.3 Å². The molecule has 0 radical (unpaired) electrons. The van der Waals surface area contributed by atoms with E-state index in [-0.39, 0.29) is 17.3 Å². The highest BCUT2D eigenvalue weighted by Crippen LogP contribution is 2.38. The van der Waals surface area contributed by atoms with Crippen molar-refractivity contribution in [1.29, 1.82) is 0 Å². The molecular formula is C44H34Cl4F2N6O3. The quantitative estimate of drug-likeness (QED) is 0.124. The average Bonchev–Trinajstić information content (AvgIpc) is 3.20. The second-order valence-electron chi connectivity index (χ2n) is 12.7.